The number of carbonyl (C=O) groups is 2. The van der Waals surface area contributed by atoms with E-state index in [4.69, 9.17) is 9.47 Å². The summed E-state index contributed by atoms with van der Waals surface area (Å²) in [5.74, 6) is -0.686. The monoisotopic (exact) mass is 358 g/mol. The van der Waals surface area contributed by atoms with Crippen molar-refractivity contribution in [3.8, 4) is 0 Å². The van der Waals surface area contributed by atoms with Crippen molar-refractivity contribution in [2.45, 2.75) is 13.8 Å². The minimum absolute atomic E-state index is 0.209. The van der Waals surface area contributed by atoms with Crippen LogP contribution in [0.5, 0.6) is 0 Å². The summed E-state index contributed by atoms with van der Waals surface area (Å²) in [6.45, 7) is 4.55. The van der Waals surface area contributed by atoms with E-state index in [0.29, 0.717) is 30.0 Å². The van der Waals surface area contributed by atoms with Gasteiger partial charge in [-0.2, -0.15) is 0 Å². The molecule has 0 N–H and O–H groups in total. The number of allylic oxidation sites excluding steroid dienone is 1. The predicted molar refractivity (Wildman–Crippen MR) is 102 cm³/mol. The summed E-state index contributed by atoms with van der Waals surface area (Å²) in [6, 6.07) is 7.78. The molecule has 0 radical (unpaired) electrons. The maximum absolute atomic E-state index is 12.9. The lowest BCUT2D eigenvalue weighted by Crippen LogP contribution is -2.28. The van der Waals surface area contributed by atoms with Crippen molar-refractivity contribution >= 4 is 23.6 Å². The maximum atomic E-state index is 12.9. The topological polar surface area (TPSA) is 59.1 Å². The average Bonchev–Trinajstić information content (AvgIpc) is 2.84. The molecule has 0 atom stereocenters. The van der Waals surface area contributed by atoms with Gasteiger partial charge in [-0.25, -0.2) is 4.79 Å². The van der Waals surface area contributed by atoms with Gasteiger partial charge in [0.15, 0.2) is 0 Å². The van der Waals surface area contributed by atoms with E-state index in [1.165, 1.54) is 0 Å². The smallest absolute Gasteiger partial charge is 0.340 e. The van der Waals surface area contributed by atoms with Gasteiger partial charge < -0.3 is 19.3 Å². The van der Waals surface area contributed by atoms with Gasteiger partial charge in [0.05, 0.1) is 24.4 Å². The Bertz CT molecular complexity index is 733. The second-order valence-corrected chi connectivity index (χ2v) is 6.17. The Balaban J connectivity index is 2.42. The number of ether oxygens (including phenoxy) is 2. The number of hydrogen-bond acceptors (Lipinski definition) is 5. The molecule has 0 unspecified atom stereocenters. The fourth-order valence-electron chi connectivity index (χ4n) is 2.82. The zero-order valence-electron chi connectivity index (χ0n) is 16.0. The summed E-state index contributed by atoms with van der Waals surface area (Å²) in [7, 11) is 5.51. The molecule has 1 aromatic rings. The molecule has 1 aromatic carbocycles. The highest BCUT2D eigenvalue weighted by molar-refractivity contribution is 6.16. The normalized spacial score (nSPS) is 15.8. The first-order valence-electron chi connectivity index (χ1n) is 8.59. The van der Waals surface area contributed by atoms with Crippen LogP contribution in [0.3, 0.4) is 0 Å². The minimum Gasteiger partial charge on any atom is -0.462 e. The predicted octanol–water partition coefficient (Wildman–Crippen LogP) is 2.46. The van der Waals surface area contributed by atoms with Crippen molar-refractivity contribution in [1.82, 2.24) is 4.90 Å². The van der Waals surface area contributed by atoms with E-state index >= 15 is 0 Å². The number of hydrogen-bond donors (Lipinski definition) is 0. The van der Waals surface area contributed by atoms with Crippen molar-refractivity contribution in [3.63, 3.8) is 0 Å². The van der Waals surface area contributed by atoms with Crippen molar-refractivity contribution in [2.24, 2.45) is 0 Å². The molecule has 0 saturated heterocycles. The Hall–Kier alpha value is -2.60. The van der Waals surface area contributed by atoms with Crippen molar-refractivity contribution in [1.29, 1.82) is 0 Å². The van der Waals surface area contributed by atoms with Crippen molar-refractivity contribution in [2.75, 3.05) is 45.9 Å². The van der Waals surface area contributed by atoms with Crippen LogP contribution in [0.15, 0.2) is 41.1 Å². The van der Waals surface area contributed by atoms with Crippen LogP contribution >= 0.6 is 0 Å². The number of methoxy groups -OCH3 is 1. The summed E-state index contributed by atoms with van der Waals surface area (Å²) < 4.78 is 10.2. The van der Waals surface area contributed by atoms with Gasteiger partial charge in [0.25, 0.3) is 5.91 Å². The van der Waals surface area contributed by atoms with Crippen molar-refractivity contribution in [3.05, 3.63) is 46.7 Å². The number of esters is 1. The fourth-order valence-corrected chi connectivity index (χ4v) is 2.82. The van der Waals surface area contributed by atoms with Gasteiger partial charge in [0.2, 0.25) is 0 Å². The molecule has 0 spiro atoms. The molecule has 1 heterocycles. The molecule has 140 valence electrons. The summed E-state index contributed by atoms with van der Waals surface area (Å²) in [4.78, 5) is 28.9. The van der Waals surface area contributed by atoms with Crippen LogP contribution in [-0.4, -0.2) is 57.7 Å². The van der Waals surface area contributed by atoms with Crippen LogP contribution in [0, 0.1) is 0 Å². The molecular weight excluding hydrogens is 332 g/mol. The minimum atomic E-state index is -0.477. The Kier molecular flexibility index (Phi) is 6.58. The first-order valence-corrected chi connectivity index (χ1v) is 8.59. The largest absolute Gasteiger partial charge is 0.462 e. The van der Waals surface area contributed by atoms with Gasteiger partial charge in [0, 0.05) is 39.1 Å². The lowest BCUT2D eigenvalue weighted by molar-refractivity contribution is -0.138. The molecule has 0 fully saturated rings. The number of carbonyl (C=O) groups excluding carboxylic acids is 2. The Morgan fingerprint density at radius 2 is 1.88 bits per heavy atom. The highest BCUT2D eigenvalue weighted by atomic mass is 16.5. The van der Waals surface area contributed by atoms with Gasteiger partial charge in [-0.1, -0.05) is 12.1 Å². The average molecular weight is 358 g/mol. The van der Waals surface area contributed by atoms with Gasteiger partial charge in [0.1, 0.15) is 0 Å². The van der Waals surface area contributed by atoms with Gasteiger partial charge in [-0.15, -0.1) is 0 Å². The van der Waals surface area contributed by atoms with E-state index < -0.39 is 5.97 Å². The molecule has 1 aliphatic rings. The van der Waals surface area contributed by atoms with E-state index in [0.717, 1.165) is 11.3 Å². The van der Waals surface area contributed by atoms with E-state index in [2.05, 4.69) is 0 Å². The number of rotatable bonds is 7. The SMILES string of the molecule is CCOC(=O)C1=C(C)N(CCOC)C(=O)/C1=C/c1ccc(N(C)C)cc1. The molecular formula is C20H26N2O4. The molecule has 0 bridgehead atoms. The second kappa shape index (κ2) is 8.67. The summed E-state index contributed by atoms with van der Waals surface area (Å²) >= 11 is 0. The molecule has 2 rings (SSSR count). The van der Waals surface area contributed by atoms with Crippen LogP contribution in [0.2, 0.25) is 0 Å². The van der Waals surface area contributed by atoms with Gasteiger partial charge in [-0.05, 0) is 37.6 Å². The highest BCUT2D eigenvalue weighted by Crippen LogP contribution is 2.31. The van der Waals surface area contributed by atoms with E-state index in [1.54, 1.807) is 31.9 Å². The number of benzene rings is 1. The van der Waals surface area contributed by atoms with E-state index in [9.17, 15) is 9.59 Å². The zero-order chi connectivity index (χ0) is 19.3. The van der Waals surface area contributed by atoms with Crippen molar-refractivity contribution < 1.29 is 19.1 Å². The van der Waals surface area contributed by atoms with Gasteiger partial charge >= 0.3 is 5.97 Å². The number of amides is 1. The molecule has 1 amide bonds. The molecule has 0 saturated carbocycles. The Labute approximate surface area is 154 Å². The lowest BCUT2D eigenvalue weighted by Gasteiger charge is -2.16. The third-order valence-corrected chi connectivity index (χ3v) is 4.23. The third kappa shape index (κ3) is 4.14. The van der Waals surface area contributed by atoms with Gasteiger partial charge in [-0.3, -0.25) is 4.79 Å². The van der Waals surface area contributed by atoms with E-state index in [1.807, 2.05) is 43.3 Å². The quantitative estimate of drug-likeness (QED) is 0.554. The summed E-state index contributed by atoms with van der Waals surface area (Å²) in [5, 5.41) is 0. The Morgan fingerprint density at radius 1 is 1.23 bits per heavy atom. The summed E-state index contributed by atoms with van der Waals surface area (Å²) in [6.07, 6.45) is 1.74. The lowest BCUT2D eigenvalue weighted by atomic mass is 10.0. The number of nitrogens with zero attached hydrogens (tertiary/aromatic N) is 2. The van der Waals surface area contributed by atoms with Crippen LogP contribution in [-0.2, 0) is 19.1 Å². The van der Waals surface area contributed by atoms with Crippen LogP contribution < -0.4 is 4.90 Å². The first-order chi connectivity index (χ1) is 12.4. The second-order valence-electron chi connectivity index (χ2n) is 6.17. The third-order valence-electron chi connectivity index (χ3n) is 4.23. The fraction of sp³-hybridized carbons (Fsp3) is 0.400. The summed E-state index contributed by atoms with van der Waals surface area (Å²) in [5.41, 5.74) is 3.19. The van der Waals surface area contributed by atoms with E-state index in [-0.39, 0.29) is 12.5 Å². The van der Waals surface area contributed by atoms with Crippen LogP contribution in [0.1, 0.15) is 19.4 Å². The standard InChI is InChI=1S/C20H26N2O4/c1-6-26-20(24)18-14(2)22(11-12-25-5)19(23)17(18)13-15-7-9-16(10-8-15)21(3)4/h7-10,13H,6,11-12H2,1-5H3/b17-13+. The first kappa shape index (κ1) is 19.7. The van der Waals surface area contributed by atoms with Crippen LogP contribution in [0.4, 0.5) is 5.69 Å². The molecule has 26 heavy (non-hydrogen) atoms. The Morgan fingerprint density at radius 3 is 2.42 bits per heavy atom. The molecule has 1 aliphatic heterocycles. The van der Waals surface area contributed by atoms with Crippen LogP contribution in [0.25, 0.3) is 6.08 Å². The number of anilines is 1. The zero-order valence-corrected chi connectivity index (χ0v) is 16.0. The molecule has 6 heteroatoms. The maximum Gasteiger partial charge on any atom is 0.340 e. The molecule has 0 aliphatic carbocycles. The highest BCUT2D eigenvalue weighted by Gasteiger charge is 2.36. The molecule has 6 nitrogen and oxygen atoms in total. The molecule has 0 aromatic heterocycles.